The van der Waals surface area contributed by atoms with Crippen molar-refractivity contribution >= 4 is 9.84 Å². The number of hydrogen-bond acceptors (Lipinski definition) is 4. The van der Waals surface area contributed by atoms with Crippen molar-refractivity contribution in [3.8, 4) is 0 Å². The van der Waals surface area contributed by atoms with E-state index in [1.165, 1.54) is 12.8 Å². The van der Waals surface area contributed by atoms with Crippen LogP contribution in [0, 0.1) is 5.41 Å². The van der Waals surface area contributed by atoms with Gasteiger partial charge in [0.15, 0.2) is 0 Å². The summed E-state index contributed by atoms with van der Waals surface area (Å²) in [7, 11) is -2.86. The highest BCUT2D eigenvalue weighted by atomic mass is 32.2. The molecule has 1 atom stereocenters. The maximum absolute atomic E-state index is 11.7. The summed E-state index contributed by atoms with van der Waals surface area (Å²) in [5.41, 5.74) is 0.0447. The van der Waals surface area contributed by atoms with E-state index in [-0.39, 0.29) is 11.2 Å². The zero-order chi connectivity index (χ0) is 13.1. The third-order valence-corrected chi connectivity index (χ3v) is 5.84. The first-order valence-corrected chi connectivity index (χ1v) is 8.89. The van der Waals surface area contributed by atoms with Crippen LogP contribution < -0.4 is 5.32 Å². The Balaban J connectivity index is 1.90. The molecule has 0 bridgehead atoms. The molecule has 1 aliphatic carbocycles. The summed E-state index contributed by atoms with van der Waals surface area (Å²) >= 11 is 0. The third-order valence-electron chi connectivity index (χ3n) is 4.13. The van der Waals surface area contributed by atoms with Gasteiger partial charge < -0.3 is 10.1 Å². The summed E-state index contributed by atoms with van der Waals surface area (Å²) in [4.78, 5) is 0. The van der Waals surface area contributed by atoms with Gasteiger partial charge in [0.1, 0.15) is 9.84 Å². The lowest BCUT2D eigenvalue weighted by atomic mass is 9.80. The molecule has 0 aromatic heterocycles. The molecule has 0 radical (unpaired) electrons. The minimum Gasteiger partial charge on any atom is -0.381 e. The van der Waals surface area contributed by atoms with Gasteiger partial charge in [0.25, 0.3) is 0 Å². The molecule has 2 rings (SSSR count). The Morgan fingerprint density at radius 1 is 1.39 bits per heavy atom. The number of sulfone groups is 1. The average Bonchev–Trinajstić information content (AvgIpc) is 3.20. The van der Waals surface area contributed by atoms with Crippen LogP contribution in [-0.2, 0) is 14.6 Å². The van der Waals surface area contributed by atoms with Crippen LogP contribution in [0.15, 0.2) is 0 Å². The fraction of sp³-hybridized carbons (Fsp3) is 1.00. The first-order valence-electron chi connectivity index (χ1n) is 7.07. The molecule has 1 unspecified atom stereocenters. The first kappa shape index (κ1) is 14.3. The molecule has 18 heavy (non-hydrogen) atoms. The molecule has 0 amide bonds. The van der Waals surface area contributed by atoms with E-state index in [4.69, 9.17) is 4.74 Å². The Morgan fingerprint density at radius 2 is 2.17 bits per heavy atom. The van der Waals surface area contributed by atoms with E-state index in [2.05, 4.69) is 5.32 Å². The van der Waals surface area contributed by atoms with Crippen LogP contribution in [0.2, 0.25) is 0 Å². The molecule has 4 nitrogen and oxygen atoms in total. The van der Waals surface area contributed by atoms with E-state index in [0.717, 1.165) is 32.4 Å². The molecule has 1 saturated carbocycles. The van der Waals surface area contributed by atoms with Gasteiger partial charge in [0.05, 0.1) is 12.4 Å². The fourth-order valence-electron chi connectivity index (χ4n) is 2.50. The largest absolute Gasteiger partial charge is 0.381 e. The van der Waals surface area contributed by atoms with Gasteiger partial charge in [-0.1, -0.05) is 6.92 Å². The zero-order valence-corrected chi connectivity index (χ0v) is 12.1. The van der Waals surface area contributed by atoms with Crippen molar-refractivity contribution in [2.75, 3.05) is 31.3 Å². The van der Waals surface area contributed by atoms with E-state index in [0.29, 0.717) is 18.4 Å². The van der Waals surface area contributed by atoms with Crippen molar-refractivity contribution in [2.24, 2.45) is 5.41 Å². The van der Waals surface area contributed by atoms with Crippen molar-refractivity contribution in [3.05, 3.63) is 0 Å². The average molecular weight is 275 g/mol. The van der Waals surface area contributed by atoms with Crippen molar-refractivity contribution in [3.63, 3.8) is 0 Å². The van der Waals surface area contributed by atoms with Crippen molar-refractivity contribution in [1.82, 2.24) is 5.32 Å². The summed E-state index contributed by atoms with van der Waals surface area (Å²) in [6.07, 6.45) is 5.42. The minimum absolute atomic E-state index is 0.0447. The lowest BCUT2D eigenvalue weighted by Gasteiger charge is -2.37. The number of hydrogen-bond donors (Lipinski definition) is 1. The lowest BCUT2D eigenvalue weighted by Crippen LogP contribution is -2.43. The zero-order valence-electron chi connectivity index (χ0n) is 11.3. The fourth-order valence-corrected chi connectivity index (χ4v) is 3.53. The lowest BCUT2D eigenvalue weighted by molar-refractivity contribution is -0.00912. The molecule has 1 heterocycles. The van der Waals surface area contributed by atoms with Gasteiger partial charge in [0, 0.05) is 30.4 Å². The van der Waals surface area contributed by atoms with E-state index in [9.17, 15) is 8.42 Å². The Labute approximate surface area is 110 Å². The number of ether oxygens (including phenoxy) is 1. The monoisotopic (exact) mass is 275 g/mol. The Kier molecular flexibility index (Phi) is 4.67. The summed E-state index contributed by atoms with van der Waals surface area (Å²) < 4.78 is 28.9. The van der Waals surface area contributed by atoms with Crippen LogP contribution in [-0.4, -0.2) is 45.7 Å². The van der Waals surface area contributed by atoms with E-state index < -0.39 is 9.84 Å². The first-order chi connectivity index (χ1) is 8.55. The molecule has 106 valence electrons. The molecular weight excluding hydrogens is 250 g/mol. The molecular formula is C13H25NO3S. The summed E-state index contributed by atoms with van der Waals surface area (Å²) in [6.45, 7) is 4.18. The van der Waals surface area contributed by atoms with Crippen LogP contribution in [0.4, 0.5) is 0 Å². The summed E-state index contributed by atoms with van der Waals surface area (Å²) in [6, 6.07) is 0.673. The van der Waals surface area contributed by atoms with E-state index in [1.807, 2.05) is 0 Å². The van der Waals surface area contributed by atoms with Crippen LogP contribution in [0.25, 0.3) is 0 Å². The van der Waals surface area contributed by atoms with E-state index in [1.54, 1.807) is 6.92 Å². The molecule has 1 aliphatic heterocycles. The second-order valence-corrected chi connectivity index (χ2v) is 8.27. The maximum Gasteiger partial charge on any atom is 0.150 e. The highest BCUT2D eigenvalue weighted by Crippen LogP contribution is 2.33. The minimum atomic E-state index is -2.86. The van der Waals surface area contributed by atoms with E-state index >= 15 is 0 Å². The Bertz CT molecular complexity index is 356. The molecule has 1 N–H and O–H groups in total. The maximum atomic E-state index is 11.7. The summed E-state index contributed by atoms with van der Waals surface area (Å²) in [5, 5.41) is 3.55. The Hall–Kier alpha value is -0.130. The molecule has 0 spiro atoms. The molecule has 2 aliphatic rings. The van der Waals surface area contributed by atoms with Gasteiger partial charge in [-0.05, 0) is 32.1 Å². The van der Waals surface area contributed by atoms with Crippen LogP contribution >= 0.6 is 0 Å². The molecule has 5 heteroatoms. The van der Waals surface area contributed by atoms with Gasteiger partial charge in [-0.2, -0.15) is 0 Å². The van der Waals surface area contributed by atoms with Crippen LogP contribution in [0.1, 0.15) is 39.0 Å². The van der Waals surface area contributed by atoms with Gasteiger partial charge in [0.2, 0.25) is 0 Å². The van der Waals surface area contributed by atoms with Crippen molar-refractivity contribution in [1.29, 1.82) is 0 Å². The molecule has 1 saturated heterocycles. The van der Waals surface area contributed by atoms with Gasteiger partial charge in [-0.15, -0.1) is 0 Å². The second-order valence-electron chi connectivity index (χ2n) is 5.80. The predicted octanol–water partition coefficient (Wildman–Crippen LogP) is 1.36. The van der Waals surface area contributed by atoms with Gasteiger partial charge in [-0.3, -0.25) is 0 Å². The standard InChI is InChI=1S/C13H25NO3S/c1-2-18(15,16)9-7-13(6-3-8-17-11-13)10-14-12-4-5-12/h12,14H,2-11H2,1H3. The van der Waals surface area contributed by atoms with Crippen LogP contribution in [0.3, 0.4) is 0 Å². The topological polar surface area (TPSA) is 55.4 Å². The molecule has 0 aromatic rings. The number of rotatable bonds is 7. The second kappa shape index (κ2) is 5.88. The number of nitrogens with one attached hydrogen (secondary N) is 1. The molecule has 0 aromatic carbocycles. The normalized spacial score (nSPS) is 29.4. The Morgan fingerprint density at radius 3 is 2.72 bits per heavy atom. The van der Waals surface area contributed by atoms with Gasteiger partial charge >= 0.3 is 0 Å². The SMILES string of the molecule is CCS(=O)(=O)CCC1(CNC2CC2)CCCOC1. The highest BCUT2D eigenvalue weighted by Gasteiger charge is 2.35. The highest BCUT2D eigenvalue weighted by molar-refractivity contribution is 7.91. The molecule has 2 fully saturated rings. The predicted molar refractivity (Wildman–Crippen MR) is 72.5 cm³/mol. The van der Waals surface area contributed by atoms with Crippen molar-refractivity contribution in [2.45, 2.75) is 45.1 Å². The van der Waals surface area contributed by atoms with Crippen LogP contribution in [0.5, 0.6) is 0 Å². The third kappa shape index (κ3) is 4.21. The van der Waals surface area contributed by atoms with Crippen molar-refractivity contribution < 1.29 is 13.2 Å². The quantitative estimate of drug-likeness (QED) is 0.762. The smallest absolute Gasteiger partial charge is 0.150 e. The van der Waals surface area contributed by atoms with Gasteiger partial charge in [-0.25, -0.2) is 8.42 Å². The summed E-state index contributed by atoms with van der Waals surface area (Å²) in [5.74, 6) is 0.555.